The van der Waals surface area contributed by atoms with Crippen LogP contribution in [-0.4, -0.2) is 67.7 Å². The van der Waals surface area contributed by atoms with Crippen molar-refractivity contribution in [2.75, 3.05) is 44.2 Å². The van der Waals surface area contributed by atoms with Crippen molar-refractivity contribution < 1.29 is 18.1 Å². The standard InChI is InChI=1S/C21H28N4O5S2/c1-3-24(4-2)32(29,30)18-6-7-19(20(15-18)25(27)28)22-10-12-23(13-11-22)21(26)8-5-17-9-14-31-16-17/h6-7,9,14-16H,3-5,8,10-13H2,1-2H3. The molecular formula is C21H28N4O5S2. The molecule has 0 saturated carbocycles. The van der Waals surface area contributed by atoms with Crippen LogP contribution in [0.4, 0.5) is 11.4 Å². The normalized spacial score (nSPS) is 14.7. The minimum atomic E-state index is -3.79. The molecule has 32 heavy (non-hydrogen) atoms. The van der Waals surface area contributed by atoms with Crippen LogP contribution in [0.25, 0.3) is 0 Å². The number of nitro groups is 1. The molecule has 1 aromatic heterocycles. The van der Waals surface area contributed by atoms with Crippen molar-refractivity contribution in [2.24, 2.45) is 0 Å². The molecule has 0 aliphatic carbocycles. The second-order valence-corrected chi connectivity index (χ2v) is 10.2. The molecule has 0 N–H and O–H groups in total. The fourth-order valence-electron chi connectivity index (χ4n) is 3.83. The van der Waals surface area contributed by atoms with Crippen molar-refractivity contribution >= 4 is 38.6 Å². The summed E-state index contributed by atoms with van der Waals surface area (Å²) in [6, 6.07) is 6.08. The molecule has 174 valence electrons. The number of nitro benzene ring substituents is 1. The maximum Gasteiger partial charge on any atom is 0.293 e. The van der Waals surface area contributed by atoms with Crippen LogP contribution in [0.3, 0.4) is 0 Å². The Morgan fingerprint density at radius 1 is 1.16 bits per heavy atom. The third kappa shape index (κ3) is 5.28. The first-order valence-electron chi connectivity index (χ1n) is 10.6. The lowest BCUT2D eigenvalue weighted by atomic mass is 10.1. The van der Waals surface area contributed by atoms with E-state index in [9.17, 15) is 23.3 Å². The number of sulfonamides is 1. The van der Waals surface area contributed by atoms with Crippen LogP contribution in [0.1, 0.15) is 25.8 Å². The van der Waals surface area contributed by atoms with Gasteiger partial charge in [0.2, 0.25) is 15.9 Å². The zero-order valence-electron chi connectivity index (χ0n) is 18.3. The van der Waals surface area contributed by atoms with E-state index in [4.69, 9.17) is 0 Å². The molecule has 0 atom stereocenters. The quantitative estimate of drug-likeness (QED) is 0.404. The van der Waals surface area contributed by atoms with Crippen molar-refractivity contribution in [3.05, 3.63) is 50.7 Å². The largest absolute Gasteiger partial charge is 0.362 e. The molecule has 0 spiro atoms. The van der Waals surface area contributed by atoms with Crippen LogP contribution in [0, 0.1) is 10.1 Å². The first-order valence-corrected chi connectivity index (χ1v) is 13.0. The van der Waals surface area contributed by atoms with Gasteiger partial charge < -0.3 is 9.80 Å². The fraction of sp³-hybridized carbons (Fsp3) is 0.476. The van der Waals surface area contributed by atoms with Gasteiger partial charge in [-0.15, -0.1) is 0 Å². The van der Waals surface area contributed by atoms with Gasteiger partial charge in [-0.25, -0.2) is 8.42 Å². The molecule has 1 aromatic carbocycles. The number of hydrogen-bond donors (Lipinski definition) is 0. The number of nitrogens with zero attached hydrogens (tertiary/aromatic N) is 4. The summed E-state index contributed by atoms with van der Waals surface area (Å²) in [5, 5.41) is 15.8. The molecule has 0 radical (unpaired) electrons. The Kier molecular flexibility index (Phi) is 7.86. The maximum atomic E-state index is 12.8. The third-order valence-corrected chi connectivity index (χ3v) is 8.45. The highest BCUT2D eigenvalue weighted by atomic mass is 32.2. The second kappa shape index (κ2) is 10.4. The lowest BCUT2D eigenvalue weighted by molar-refractivity contribution is -0.384. The van der Waals surface area contributed by atoms with Crippen molar-refractivity contribution in [3.63, 3.8) is 0 Å². The van der Waals surface area contributed by atoms with E-state index in [-0.39, 0.29) is 29.6 Å². The minimum absolute atomic E-state index is 0.0750. The van der Waals surface area contributed by atoms with Crippen LogP contribution < -0.4 is 4.90 Å². The van der Waals surface area contributed by atoms with Gasteiger partial charge >= 0.3 is 0 Å². The van der Waals surface area contributed by atoms with E-state index in [0.29, 0.717) is 44.7 Å². The molecule has 1 aliphatic heterocycles. The lowest BCUT2D eigenvalue weighted by Gasteiger charge is -2.36. The van der Waals surface area contributed by atoms with Crippen LogP contribution in [-0.2, 0) is 21.2 Å². The molecule has 9 nitrogen and oxygen atoms in total. The summed E-state index contributed by atoms with van der Waals surface area (Å²) in [4.78, 5) is 27.2. The SMILES string of the molecule is CCN(CC)S(=O)(=O)c1ccc(N2CCN(C(=O)CCc3ccsc3)CC2)c([N+](=O)[O-])c1. The molecule has 1 saturated heterocycles. The smallest absolute Gasteiger partial charge is 0.293 e. The summed E-state index contributed by atoms with van der Waals surface area (Å²) in [6.45, 7) is 5.88. The van der Waals surface area contributed by atoms with Crippen LogP contribution in [0.2, 0.25) is 0 Å². The van der Waals surface area contributed by atoms with Crippen molar-refractivity contribution in [1.82, 2.24) is 9.21 Å². The second-order valence-electron chi connectivity index (χ2n) is 7.50. The number of benzene rings is 1. The van der Waals surface area contributed by atoms with E-state index in [1.54, 1.807) is 30.1 Å². The Hall–Kier alpha value is -2.50. The highest BCUT2D eigenvalue weighted by Gasteiger charge is 2.29. The number of amides is 1. The van der Waals surface area contributed by atoms with Gasteiger partial charge in [0.15, 0.2) is 0 Å². The van der Waals surface area contributed by atoms with E-state index in [0.717, 1.165) is 11.6 Å². The molecule has 11 heteroatoms. The molecule has 2 aromatic rings. The van der Waals surface area contributed by atoms with E-state index in [1.165, 1.54) is 16.4 Å². The van der Waals surface area contributed by atoms with Crippen LogP contribution in [0.5, 0.6) is 0 Å². The Balaban J connectivity index is 1.70. The molecule has 2 heterocycles. The number of carbonyl (C=O) groups is 1. The van der Waals surface area contributed by atoms with Crippen molar-refractivity contribution in [2.45, 2.75) is 31.6 Å². The van der Waals surface area contributed by atoms with E-state index >= 15 is 0 Å². The Morgan fingerprint density at radius 2 is 1.84 bits per heavy atom. The summed E-state index contributed by atoms with van der Waals surface area (Å²) in [5.74, 6) is 0.0750. The summed E-state index contributed by atoms with van der Waals surface area (Å²) >= 11 is 1.61. The van der Waals surface area contributed by atoms with Gasteiger partial charge in [-0.1, -0.05) is 13.8 Å². The van der Waals surface area contributed by atoms with E-state index in [1.807, 2.05) is 21.7 Å². The first kappa shape index (κ1) is 24.1. The Morgan fingerprint density at radius 3 is 2.41 bits per heavy atom. The van der Waals surface area contributed by atoms with Crippen LogP contribution in [0.15, 0.2) is 39.9 Å². The lowest BCUT2D eigenvalue weighted by Crippen LogP contribution is -2.49. The van der Waals surface area contributed by atoms with Gasteiger partial charge in [0.05, 0.1) is 9.82 Å². The van der Waals surface area contributed by atoms with E-state index < -0.39 is 14.9 Å². The van der Waals surface area contributed by atoms with Gasteiger partial charge in [-0.05, 0) is 40.9 Å². The molecular weight excluding hydrogens is 452 g/mol. The molecule has 0 bridgehead atoms. The number of aryl methyl sites for hydroxylation is 1. The zero-order chi connectivity index (χ0) is 23.3. The number of carbonyl (C=O) groups excluding carboxylic acids is 1. The van der Waals surface area contributed by atoms with Gasteiger partial charge in [-0.2, -0.15) is 15.6 Å². The molecule has 1 amide bonds. The monoisotopic (exact) mass is 480 g/mol. The molecule has 3 rings (SSSR count). The van der Waals surface area contributed by atoms with Gasteiger partial charge in [0, 0.05) is 51.8 Å². The predicted molar refractivity (Wildman–Crippen MR) is 125 cm³/mol. The van der Waals surface area contributed by atoms with E-state index in [2.05, 4.69) is 0 Å². The van der Waals surface area contributed by atoms with Crippen molar-refractivity contribution in [3.8, 4) is 0 Å². The molecule has 1 aliphatic rings. The van der Waals surface area contributed by atoms with Gasteiger partial charge in [0.25, 0.3) is 5.69 Å². The minimum Gasteiger partial charge on any atom is -0.362 e. The zero-order valence-corrected chi connectivity index (χ0v) is 19.9. The average Bonchev–Trinajstić information content (AvgIpc) is 3.31. The summed E-state index contributed by atoms with van der Waals surface area (Å²) in [7, 11) is -3.79. The summed E-state index contributed by atoms with van der Waals surface area (Å²) in [6.07, 6.45) is 1.14. The Bertz CT molecular complexity index is 1040. The predicted octanol–water partition coefficient (Wildman–Crippen LogP) is 2.97. The highest BCUT2D eigenvalue weighted by molar-refractivity contribution is 7.89. The molecule has 1 fully saturated rings. The number of thiophene rings is 1. The molecule has 0 unspecified atom stereocenters. The average molecular weight is 481 g/mol. The highest BCUT2D eigenvalue weighted by Crippen LogP contribution is 2.32. The number of hydrogen-bond acceptors (Lipinski definition) is 7. The van der Waals surface area contributed by atoms with Crippen molar-refractivity contribution in [1.29, 1.82) is 0 Å². The first-order chi connectivity index (χ1) is 15.3. The maximum absolute atomic E-state index is 12.8. The fourth-order valence-corrected chi connectivity index (χ4v) is 6.01. The van der Waals surface area contributed by atoms with Gasteiger partial charge in [0.1, 0.15) is 5.69 Å². The topological polar surface area (TPSA) is 104 Å². The number of anilines is 1. The third-order valence-electron chi connectivity index (χ3n) is 5.67. The number of piperazine rings is 1. The Labute approximate surface area is 192 Å². The summed E-state index contributed by atoms with van der Waals surface area (Å²) in [5.41, 5.74) is 1.28. The van der Waals surface area contributed by atoms with Crippen LogP contribution >= 0.6 is 11.3 Å². The summed E-state index contributed by atoms with van der Waals surface area (Å²) < 4.78 is 26.8. The van der Waals surface area contributed by atoms with Gasteiger partial charge in [-0.3, -0.25) is 14.9 Å². The number of rotatable bonds is 9.